The average molecular weight is 577 g/mol. The molecule has 4 heterocycles. The number of carbonyl (C=O) groups is 1. The third kappa shape index (κ3) is 6.51. The van der Waals surface area contributed by atoms with Crippen molar-refractivity contribution in [2.75, 3.05) is 39.8 Å². The number of H-pyrrole nitrogens is 1. The monoisotopic (exact) mass is 576 g/mol. The van der Waals surface area contributed by atoms with Crippen molar-refractivity contribution in [2.24, 2.45) is 0 Å². The van der Waals surface area contributed by atoms with E-state index in [0.29, 0.717) is 24.3 Å². The first-order valence-electron chi connectivity index (χ1n) is 14.9. The topological polar surface area (TPSA) is 112 Å². The van der Waals surface area contributed by atoms with Gasteiger partial charge in [-0.3, -0.25) is 4.90 Å². The number of hydrogen-bond donors (Lipinski definition) is 3. The van der Waals surface area contributed by atoms with E-state index in [0.717, 1.165) is 91.6 Å². The molecule has 10 nitrogen and oxygen atoms in total. The second-order valence-electron chi connectivity index (χ2n) is 11.5. The zero-order valence-electron chi connectivity index (χ0n) is 24.3. The van der Waals surface area contributed by atoms with Gasteiger partial charge in [-0.05, 0) is 56.9 Å². The van der Waals surface area contributed by atoms with Gasteiger partial charge >= 0.3 is 6.09 Å². The Kier molecular flexibility index (Phi) is 8.55. The molecular formula is C32H40N4O6. The van der Waals surface area contributed by atoms with E-state index >= 15 is 0 Å². The lowest BCUT2D eigenvalue weighted by Crippen LogP contribution is -2.50. The summed E-state index contributed by atoms with van der Waals surface area (Å²) in [5, 5.41) is 14.6. The lowest BCUT2D eigenvalue weighted by molar-refractivity contribution is 0.0501. The van der Waals surface area contributed by atoms with Gasteiger partial charge in [-0.2, -0.15) is 0 Å². The second kappa shape index (κ2) is 12.6. The molecule has 0 unspecified atom stereocenters. The maximum Gasteiger partial charge on any atom is 0.414 e. The number of aliphatic hydroxyl groups is 1. The van der Waals surface area contributed by atoms with Crippen molar-refractivity contribution in [1.29, 1.82) is 0 Å². The molecular weight excluding hydrogens is 536 g/mol. The van der Waals surface area contributed by atoms with Crippen LogP contribution in [0.5, 0.6) is 17.4 Å². The Morgan fingerprint density at radius 1 is 1.10 bits per heavy atom. The minimum Gasteiger partial charge on any atom is -0.497 e. The van der Waals surface area contributed by atoms with Crippen LogP contribution in [0.2, 0.25) is 0 Å². The van der Waals surface area contributed by atoms with Crippen molar-refractivity contribution in [3.63, 3.8) is 0 Å². The molecule has 2 saturated heterocycles. The quantitative estimate of drug-likeness (QED) is 0.258. The second-order valence-corrected chi connectivity index (χ2v) is 11.5. The summed E-state index contributed by atoms with van der Waals surface area (Å²) in [7, 11) is 1.63. The molecule has 10 heteroatoms. The zero-order valence-corrected chi connectivity index (χ0v) is 24.3. The van der Waals surface area contributed by atoms with Gasteiger partial charge in [-0.1, -0.05) is 6.07 Å². The highest BCUT2D eigenvalue weighted by atomic mass is 16.6. The number of amides is 1. The zero-order chi connectivity index (χ0) is 29.1. The lowest BCUT2D eigenvalue weighted by atomic mass is 10.0. The standard InChI is InChI=1S/C32H40N4O6/c1-21(36-14-10-24(37)11-15-36)18-35-12-8-23(9-13-35)33-32(38)42-31-17-27-28(34-31)4-3-5-29(27)40-19-22-20-41-30-16-25(39-2)6-7-26(22)30/h3-7,16-17,20-21,23-24,34,37H,8-15,18-19H2,1-2H3,(H,33,38)/t21-/m0/s1. The smallest absolute Gasteiger partial charge is 0.414 e. The Hall–Kier alpha value is -3.73. The van der Waals surface area contributed by atoms with Crippen LogP contribution in [0.1, 0.15) is 38.2 Å². The van der Waals surface area contributed by atoms with E-state index in [1.54, 1.807) is 19.4 Å². The van der Waals surface area contributed by atoms with Crippen LogP contribution in [0.4, 0.5) is 4.79 Å². The van der Waals surface area contributed by atoms with Gasteiger partial charge in [0.1, 0.15) is 23.7 Å². The summed E-state index contributed by atoms with van der Waals surface area (Å²) in [5.74, 6) is 1.80. The molecule has 0 aliphatic carbocycles. The molecule has 0 saturated carbocycles. The number of furan rings is 1. The molecule has 2 aliphatic heterocycles. The van der Waals surface area contributed by atoms with Gasteiger partial charge in [0, 0.05) is 73.3 Å². The van der Waals surface area contributed by atoms with E-state index in [1.807, 2.05) is 36.4 Å². The number of fused-ring (bicyclic) bond motifs is 2. The maximum atomic E-state index is 12.7. The molecule has 0 bridgehead atoms. The van der Waals surface area contributed by atoms with Crippen molar-refractivity contribution in [3.05, 3.63) is 54.3 Å². The summed E-state index contributed by atoms with van der Waals surface area (Å²) in [6.45, 7) is 7.43. The van der Waals surface area contributed by atoms with Gasteiger partial charge in [0.05, 0.1) is 25.0 Å². The van der Waals surface area contributed by atoms with Crippen molar-refractivity contribution in [2.45, 2.75) is 57.4 Å². The van der Waals surface area contributed by atoms with Crippen LogP contribution in [-0.2, 0) is 6.61 Å². The SMILES string of the molecule is COc1ccc2c(COc3cccc4[nH]c(OC(=O)NC5CCN(C[C@H](C)N6CCC(O)CC6)CC5)cc34)coc2c1. The summed E-state index contributed by atoms with van der Waals surface area (Å²) in [4.78, 5) is 20.9. The molecule has 2 aromatic heterocycles. The number of aromatic nitrogens is 1. The molecule has 0 radical (unpaired) electrons. The number of likely N-dealkylation sites (tertiary alicyclic amines) is 2. The summed E-state index contributed by atoms with van der Waals surface area (Å²) in [6.07, 6.45) is 4.61. The third-order valence-electron chi connectivity index (χ3n) is 8.60. The third-order valence-corrected chi connectivity index (χ3v) is 8.60. The largest absolute Gasteiger partial charge is 0.497 e. The maximum absolute atomic E-state index is 12.7. The van der Waals surface area contributed by atoms with Crippen molar-refractivity contribution >= 4 is 28.0 Å². The van der Waals surface area contributed by atoms with Gasteiger partial charge in [-0.25, -0.2) is 4.79 Å². The van der Waals surface area contributed by atoms with Crippen LogP contribution in [-0.4, -0.2) is 84.0 Å². The number of nitrogens with zero attached hydrogens (tertiary/aromatic N) is 2. The van der Waals surface area contributed by atoms with Crippen molar-refractivity contribution in [3.8, 4) is 17.4 Å². The molecule has 224 valence electrons. The van der Waals surface area contributed by atoms with E-state index in [-0.39, 0.29) is 12.1 Å². The predicted molar refractivity (Wildman–Crippen MR) is 160 cm³/mol. The molecule has 3 N–H and O–H groups in total. The molecule has 2 aliphatic rings. The van der Waals surface area contributed by atoms with Gasteiger partial charge < -0.3 is 38.9 Å². The van der Waals surface area contributed by atoms with E-state index in [9.17, 15) is 9.90 Å². The van der Waals surface area contributed by atoms with E-state index in [4.69, 9.17) is 18.6 Å². The number of aliphatic hydroxyl groups excluding tert-OH is 1. The van der Waals surface area contributed by atoms with E-state index in [1.165, 1.54) is 0 Å². The fourth-order valence-corrected chi connectivity index (χ4v) is 6.11. The number of carbonyl (C=O) groups excluding carboxylic acids is 1. The number of benzene rings is 2. The van der Waals surface area contributed by atoms with Crippen molar-refractivity contribution < 1.29 is 28.5 Å². The highest BCUT2D eigenvalue weighted by Gasteiger charge is 2.26. The molecule has 42 heavy (non-hydrogen) atoms. The highest BCUT2D eigenvalue weighted by molar-refractivity contribution is 5.88. The molecule has 2 aromatic carbocycles. The van der Waals surface area contributed by atoms with Crippen LogP contribution in [0.15, 0.2) is 53.1 Å². The number of methoxy groups -OCH3 is 1. The molecule has 2 fully saturated rings. The fraction of sp³-hybridized carbons (Fsp3) is 0.469. The molecule has 1 atom stereocenters. The Labute approximate surface area is 245 Å². The highest BCUT2D eigenvalue weighted by Crippen LogP contribution is 2.32. The molecule has 0 spiro atoms. The van der Waals surface area contributed by atoms with Gasteiger partial charge in [0.2, 0.25) is 5.88 Å². The van der Waals surface area contributed by atoms with Gasteiger partial charge in [0.15, 0.2) is 0 Å². The van der Waals surface area contributed by atoms with Gasteiger partial charge in [-0.15, -0.1) is 0 Å². The first kappa shape index (κ1) is 28.4. The Morgan fingerprint density at radius 3 is 2.69 bits per heavy atom. The van der Waals surface area contributed by atoms with Crippen LogP contribution in [0.25, 0.3) is 21.9 Å². The molecule has 6 rings (SSSR count). The molecule has 4 aromatic rings. The molecule has 1 amide bonds. The van der Waals surface area contributed by atoms with Crippen LogP contribution >= 0.6 is 0 Å². The summed E-state index contributed by atoms with van der Waals surface area (Å²) < 4.78 is 22.8. The Bertz CT molecular complexity index is 1500. The van der Waals surface area contributed by atoms with Crippen molar-refractivity contribution in [1.82, 2.24) is 20.1 Å². The number of nitrogens with one attached hydrogen (secondary N) is 2. The van der Waals surface area contributed by atoms with Gasteiger partial charge in [0.25, 0.3) is 0 Å². The van der Waals surface area contributed by atoms with E-state index in [2.05, 4.69) is 27.0 Å². The first-order valence-corrected chi connectivity index (χ1v) is 14.9. The van der Waals surface area contributed by atoms with Crippen LogP contribution in [0.3, 0.4) is 0 Å². The Morgan fingerprint density at radius 2 is 1.90 bits per heavy atom. The minimum atomic E-state index is -0.456. The van der Waals surface area contributed by atoms with E-state index < -0.39 is 6.09 Å². The average Bonchev–Trinajstić information content (AvgIpc) is 3.60. The normalized spacial score (nSPS) is 18.4. The number of ether oxygens (including phenoxy) is 3. The van der Waals surface area contributed by atoms with Crippen LogP contribution in [0, 0.1) is 0 Å². The number of piperidine rings is 2. The lowest BCUT2D eigenvalue weighted by Gasteiger charge is -2.39. The summed E-state index contributed by atoms with van der Waals surface area (Å²) in [5.41, 5.74) is 2.50. The first-order chi connectivity index (χ1) is 20.4. The summed E-state index contributed by atoms with van der Waals surface area (Å²) >= 11 is 0. The van der Waals surface area contributed by atoms with Crippen LogP contribution < -0.4 is 19.5 Å². The Balaban J connectivity index is 0.995. The number of rotatable bonds is 9. The number of hydrogen-bond acceptors (Lipinski definition) is 8. The summed E-state index contributed by atoms with van der Waals surface area (Å²) in [6, 6.07) is 13.8. The number of aromatic amines is 1. The minimum absolute atomic E-state index is 0.0854. The predicted octanol–water partition coefficient (Wildman–Crippen LogP) is 4.90. The fourth-order valence-electron chi connectivity index (χ4n) is 6.11.